The van der Waals surface area contributed by atoms with E-state index in [4.69, 9.17) is 5.26 Å². The van der Waals surface area contributed by atoms with Crippen LogP contribution in [0.2, 0.25) is 0 Å². The fraction of sp³-hybridized carbons (Fsp3) is 0.345. The van der Waals surface area contributed by atoms with Crippen LogP contribution in [0.15, 0.2) is 48.5 Å². The molecule has 2 N–H and O–H groups in total. The maximum absolute atomic E-state index is 12.9. The van der Waals surface area contributed by atoms with Crippen LogP contribution in [0, 0.1) is 16.7 Å². The van der Waals surface area contributed by atoms with Gasteiger partial charge in [-0.2, -0.15) is 5.26 Å². The Kier molecular flexibility index (Phi) is 6.38. The molecule has 2 aliphatic carbocycles. The molecular weight excluding hydrogens is 468 g/mol. The SMILES string of the molecule is CC(CCC(=O)NC=O)N1Cc2cc(C(=O)NC3CC4(C=C(c5ccc(C#N)cc5)C4)C3)ccc2C1=O. The van der Waals surface area contributed by atoms with Gasteiger partial charge in [0.2, 0.25) is 12.3 Å². The molecule has 0 bridgehead atoms. The number of carbonyl (C=O) groups excluding carboxylic acids is 4. The third kappa shape index (κ3) is 4.77. The highest BCUT2D eigenvalue weighted by Gasteiger charge is 2.48. The number of allylic oxidation sites excluding steroid dienone is 2. The van der Waals surface area contributed by atoms with Crippen molar-refractivity contribution in [1.82, 2.24) is 15.5 Å². The molecule has 0 saturated heterocycles. The van der Waals surface area contributed by atoms with Gasteiger partial charge in [0.05, 0.1) is 11.6 Å². The molecule has 1 unspecified atom stereocenters. The number of benzene rings is 2. The quantitative estimate of drug-likeness (QED) is 0.544. The minimum absolute atomic E-state index is 0.110. The molecule has 2 aromatic carbocycles. The van der Waals surface area contributed by atoms with Crippen LogP contribution >= 0.6 is 0 Å². The van der Waals surface area contributed by atoms with Crippen molar-refractivity contribution < 1.29 is 19.2 Å². The highest BCUT2D eigenvalue weighted by molar-refractivity contribution is 6.01. The largest absolute Gasteiger partial charge is 0.349 e. The summed E-state index contributed by atoms with van der Waals surface area (Å²) in [5.41, 5.74) is 5.18. The molecular formula is C29H28N4O4. The van der Waals surface area contributed by atoms with Crippen molar-refractivity contribution in [2.24, 2.45) is 5.41 Å². The van der Waals surface area contributed by atoms with Gasteiger partial charge in [-0.25, -0.2) is 0 Å². The van der Waals surface area contributed by atoms with Gasteiger partial charge in [0.25, 0.3) is 11.8 Å². The lowest BCUT2D eigenvalue weighted by atomic mass is 9.55. The first-order chi connectivity index (χ1) is 17.8. The second-order valence-corrected chi connectivity index (χ2v) is 10.4. The van der Waals surface area contributed by atoms with Gasteiger partial charge in [0.15, 0.2) is 0 Å². The fourth-order valence-electron chi connectivity index (χ4n) is 5.69. The highest BCUT2D eigenvalue weighted by Crippen LogP contribution is 2.56. The number of fused-ring (bicyclic) bond motifs is 1. The fourth-order valence-corrected chi connectivity index (χ4v) is 5.69. The maximum atomic E-state index is 12.9. The summed E-state index contributed by atoms with van der Waals surface area (Å²) < 4.78 is 0. The molecule has 37 heavy (non-hydrogen) atoms. The molecule has 3 aliphatic rings. The van der Waals surface area contributed by atoms with Crippen LogP contribution in [-0.2, 0) is 16.1 Å². The molecule has 188 valence electrons. The molecule has 1 fully saturated rings. The average molecular weight is 497 g/mol. The van der Waals surface area contributed by atoms with Crippen LogP contribution in [0.25, 0.3) is 5.57 Å². The van der Waals surface area contributed by atoms with Gasteiger partial charge in [0, 0.05) is 36.2 Å². The molecule has 1 heterocycles. The lowest BCUT2D eigenvalue weighted by Crippen LogP contribution is -2.52. The summed E-state index contributed by atoms with van der Waals surface area (Å²) in [5.74, 6) is -0.616. The zero-order chi connectivity index (χ0) is 26.2. The topological polar surface area (TPSA) is 119 Å². The van der Waals surface area contributed by atoms with Gasteiger partial charge in [0.1, 0.15) is 0 Å². The van der Waals surface area contributed by atoms with Crippen molar-refractivity contribution in [3.63, 3.8) is 0 Å². The first kappa shape index (κ1) is 24.4. The monoisotopic (exact) mass is 496 g/mol. The molecule has 1 saturated carbocycles. The summed E-state index contributed by atoms with van der Waals surface area (Å²) in [6, 6.07) is 14.9. The predicted octanol–water partition coefficient (Wildman–Crippen LogP) is 3.32. The summed E-state index contributed by atoms with van der Waals surface area (Å²) in [6.07, 6.45) is 6.05. The number of nitrogens with one attached hydrogen (secondary N) is 2. The van der Waals surface area contributed by atoms with Gasteiger partial charge in [-0.05, 0) is 85.1 Å². The van der Waals surface area contributed by atoms with E-state index < -0.39 is 0 Å². The second-order valence-electron chi connectivity index (χ2n) is 10.4. The molecule has 0 aromatic heterocycles. The lowest BCUT2D eigenvalue weighted by Gasteiger charge is -2.52. The summed E-state index contributed by atoms with van der Waals surface area (Å²) in [7, 11) is 0. The number of imide groups is 1. The van der Waals surface area contributed by atoms with Crippen LogP contribution in [0.4, 0.5) is 0 Å². The Balaban J connectivity index is 1.14. The van der Waals surface area contributed by atoms with E-state index in [0.29, 0.717) is 36.1 Å². The standard InChI is InChI=1S/C29H28N4O4/c1-18(2-9-26(35)31-17-34)33-16-22-10-21(7-8-25(22)28(33)37)27(36)32-24-13-29(14-24)11-23(12-29)20-5-3-19(15-30)4-6-20/h3-8,10-11,17-18,24H,2,9,12-14,16H2,1H3,(H,32,36)(H,31,34,35). The van der Waals surface area contributed by atoms with Crippen molar-refractivity contribution in [1.29, 1.82) is 5.26 Å². The van der Waals surface area contributed by atoms with Crippen LogP contribution in [0.1, 0.15) is 76.4 Å². The van der Waals surface area contributed by atoms with Crippen LogP contribution in [-0.4, -0.2) is 41.1 Å². The first-order valence-electron chi connectivity index (χ1n) is 12.5. The molecule has 1 aliphatic heterocycles. The molecule has 5 rings (SSSR count). The van der Waals surface area contributed by atoms with Crippen molar-refractivity contribution in [3.8, 4) is 6.07 Å². The van der Waals surface area contributed by atoms with E-state index in [2.05, 4.69) is 22.8 Å². The molecule has 1 spiro atoms. The van der Waals surface area contributed by atoms with Crippen LogP contribution < -0.4 is 10.6 Å². The number of rotatable bonds is 8. The third-order valence-corrected chi connectivity index (χ3v) is 7.79. The number of hydrogen-bond acceptors (Lipinski definition) is 5. The molecule has 4 amide bonds. The minimum atomic E-state index is -0.370. The predicted molar refractivity (Wildman–Crippen MR) is 136 cm³/mol. The number of hydrogen-bond donors (Lipinski definition) is 2. The lowest BCUT2D eigenvalue weighted by molar-refractivity contribution is -0.125. The molecule has 1 atom stereocenters. The van der Waals surface area contributed by atoms with Gasteiger partial charge < -0.3 is 10.2 Å². The van der Waals surface area contributed by atoms with E-state index in [0.717, 1.165) is 30.4 Å². The van der Waals surface area contributed by atoms with E-state index in [1.54, 1.807) is 23.1 Å². The Bertz CT molecular complexity index is 1350. The van der Waals surface area contributed by atoms with E-state index >= 15 is 0 Å². The normalized spacial score (nSPS) is 22.2. The van der Waals surface area contributed by atoms with Gasteiger partial charge in [-0.3, -0.25) is 24.5 Å². The van der Waals surface area contributed by atoms with Crippen molar-refractivity contribution in [2.45, 2.75) is 57.7 Å². The number of carbonyl (C=O) groups is 4. The number of nitriles is 1. The molecule has 0 radical (unpaired) electrons. The molecule has 8 nitrogen and oxygen atoms in total. The van der Waals surface area contributed by atoms with Crippen molar-refractivity contribution >= 4 is 29.7 Å². The average Bonchev–Trinajstić information content (AvgIpc) is 3.19. The molecule has 8 heteroatoms. The number of amides is 4. The summed E-state index contributed by atoms with van der Waals surface area (Å²) >= 11 is 0. The van der Waals surface area contributed by atoms with E-state index in [-0.39, 0.29) is 41.6 Å². The number of nitrogens with zero attached hydrogens (tertiary/aromatic N) is 2. The van der Waals surface area contributed by atoms with Gasteiger partial charge >= 0.3 is 0 Å². The Hall–Kier alpha value is -4.25. The minimum Gasteiger partial charge on any atom is -0.349 e. The summed E-state index contributed by atoms with van der Waals surface area (Å²) in [4.78, 5) is 49.4. The van der Waals surface area contributed by atoms with Crippen molar-refractivity contribution in [3.05, 3.63) is 76.4 Å². The second kappa shape index (κ2) is 9.66. The summed E-state index contributed by atoms with van der Waals surface area (Å²) in [6.45, 7) is 2.26. The Labute approximate surface area is 215 Å². The van der Waals surface area contributed by atoms with Gasteiger partial charge in [-0.1, -0.05) is 18.2 Å². The van der Waals surface area contributed by atoms with E-state index in [1.165, 1.54) is 5.57 Å². The van der Waals surface area contributed by atoms with E-state index in [1.807, 2.05) is 31.2 Å². The van der Waals surface area contributed by atoms with Crippen LogP contribution in [0.5, 0.6) is 0 Å². The maximum Gasteiger partial charge on any atom is 0.254 e. The third-order valence-electron chi connectivity index (χ3n) is 7.79. The Morgan fingerprint density at radius 2 is 1.95 bits per heavy atom. The van der Waals surface area contributed by atoms with Crippen molar-refractivity contribution in [2.75, 3.05) is 0 Å². The van der Waals surface area contributed by atoms with Gasteiger partial charge in [-0.15, -0.1) is 0 Å². The zero-order valence-electron chi connectivity index (χ0n) is 20.6. The van der Waals surface area contributed by atoms with Crippen LogP contribution in [0.3, 0.4) is 0 Å². The van der Waals surface area contributed by atoms with E-state index in [9.17, 15) is 19.2 Å². The smallest absolute Gasteiger partial charge is 0.254 e. The summed E-state index contributed by atoms with van der Waals surface area (Å²) in [5, 5.41) is 14.2. The zero-order valence-corrected chi connectivity index (χ0v) is 20.6. The highest BCUT2D eigenvalue weighted by atomic mass is 16.2. The Morgan fingerprint density at radius 1 is 1.22 bits per heavy atom. The Morgan fingerprint density at radius 3 is 2.62 bits per heavy atom. The first-order valence-corrected chi connectivity index (χ1v) is 12.5. The molecule has 2 aromatic rings.